The van der Waals surface area contributed by atoms with E-state index in [0.717, 1.165) is 32.2 Å². The average Bonchev–Trinajstić information content (AvgIpc) is 2.39. The summed E-state index contributed by atoms with van der Waals surface area (Å²) in [6.07, 6.45) is 5.47. The highest BCUT2D eigenvalue weighted by Crippen LogP contribution is 2.25. The van der Waals surface area contributed by atoms with Gasteiger partial charge in [-0.1, -0.05) is 36.5 Å². The summed E-state index contributed by atoms with van der Waals surface area (Å²) in [5.74, 6) is -0.0210. The largest absolute Gasteiger partial charge is 0.336 e. The van der Waals surface area contributed by atoms with Crippen LogP contribution in [-0.4, -0.2) is 28.4 Å². The Balaban J connectivity index is 2.21. The lowest BCUT2D eigenvalue weighted by Gasteiger charge is -2.36. The molecule has 1 amide bonds. The Morgan fingerprint density at radius 1 is 1.42 bits per heavy atom. The third-order valence-electron chi connectivity index (χ3n) is 3.56. The van der Waals surface area contributed by atoms with Gasteiger partial charge in [-0.25, -0.2) is 4.98 Å². The van der Waals surface area contributed by atoms with Crippen LogP contribution in [0.3, 0.4) is 0 Å². The summed E-state index contributed by atoms with van der Waals surface area (Å²) in [7, 11) is 0. The third-order valence-corrected chi connectivity index (χ3v) is 4.05. The van der Waals surface area contributed by atoms with Crippen LogP contribution in [0.4, 0.5) is 0 Å². The molecule has 0 bridgehead atoms. The molecule has 1 aromatic heterocycles. The van der Waals surface area contributed by atoms with Gasteiger partial charge < -0.3 is 4.90 Å². The first-order valence-corrected chi connectivity index (χ1v) is 7.52. The monoisotopic (exact) mass is 300 g/mol. The van der Waals surface area contributed by atoms with Crippen molar-refractivity contribution in [2.45, 2.75) is 45.1 Å². The molecule has 0 aliphatic carbocycles. The molecule has 0 spiro atoms. The van der Waals surface area contributed by atoms with Gasteiger partial charge in [0.2, 0.25) is 0 Å². The number of halogens is 2. The molecule has 1 aromatic rings. The first kappa shape index (κ1) is 14.6. The number of carbonyl (C=O) groups is 1. The standard InChI is InChI=1S/C14H18Cl2N2O/c1-2-5-10-6-3-4-9-18(10)14(19)11-7-8-12(15)17-13(11)16/h7-8,10H,2-6,9H2,1H3. The Morgan fingerprint density at radius 3 is 2.89 bits per heavy atom. The summed E-state index contributed by atoms with van der Waals surface area (Å²) >= 11 is 11.8. The van der Waals surface area contributed by atoms with E-state index in [4.69, 9.17) is 23.2 Å². The highest BCUT2D eigenvalue weighted by atomic mass is 35.5. The quantitative estimate of drug-likeness (QED) is 0.785. The van der Waals surface area contributed by atoms with Crippen LogP contribution in [0.15, 0.2) is 12.1 Å². The van der Waals surface area contributed by atoms with Crippen LogP contribution >= 0.6 is 23.2 Å². The van der Waals surface area contributed by atoms with Gasteiger partial charge in [0.05, 0.1) is 5.56 Å². The molecular weight excluding hydrogens is 283 g/mol. The fourth-order valence-electron chi connectivity index (χ4n) is 2.63. The van der Waals surface area contributed by atoms with E-state index in [1.54, 1.807) is 12.1 Å². The normalized spacial score (nSPS) is 19.5. The van der Waals surface area contributed by atoms with Crippen molar-refractivity contribution in [3.8, 4) is 0 Å². The highest BCUT2D eigenvalue weighted by Gasteiger charge is 2.28. The van der Waals surface area contributed by atoms with Crippen molar-refractivity contribution in [2.24, 2.45) is 0 Å². The number of likely N-dealkylation sites (tertiary alicyclic amines) is 1. The minimum Gasteiger partial charge on any atom is -0.336 e. The predicted octanol–water partition coefficient (Wildman–Crippen LogP) is 4.18. The number of rotatable bonds is 3. The lowest BCUT2D eigenvalue weighted by atomic mass is 9.97. The second kappa shape index (κ2) is 6.58. The van der Waals surface area contributed by atoms with Crippen LogP contribution in [0.5, 0.6) is 0 Å². The summed E-state index contributed by atoms with van der Waals surface area (Å²) in [5, 5.41) is 0.503. The Kier molecular flexibility index (Phi) is 5.06. The predicted molar refractivity (Wildman–Crippen MR) is 77.8 cm³/mol. The highest BCUT2D eigenvalue weighted by molar-refractivity contribution is 6.34. The molecule has 1 aliphatic rings. The zero-order chi connectivity index (χ0) is 13.8. The molecule has 104 valence electrons. The van der Waals surface area contributed by atoms with Crippen molar-refractivity contribution in [2.75, 3.05) is 6.54 Å². The zero-order valence-corrected chi connectivity index (χ0v) is 12.5. The Hall–Kier alpha value is -0.800. The van der Waals surface area contributed by atoms with E-state index in [-0.39, 0.29) is 11.1 Å². The molecule has 0 saturated carbocycles. The minimum atomic E-state index is -0.0210. The van der Waals surface area contributed by atoms with Crippen LogP contribution in [0, 0.1) is 0 Å². The van der Waals surface area contributed by atoms with Gasteiger partial charge in [-0.2, -0.15) is 0 Å². The second-order valence-corrected chi connectivity index (χ2v) is 5.65. The molecule has 0 radical (unpaired) electrons. The van der Waals surface area contributed by atoms with Gasteiger partial charge in [0, 0.05) is 12.6 Å². The maximum atomic E-state index is 12.6. The van der Waals surface area contributed by atoms with Crippen molar-refractivity contribution in [1.29, 1.82) is 0 Å². The zero-order valence-electron chi connectivity index (χ0n) is 11.0. The number of carbonyl (C=O) groups excluding carboxylic acids is 1. The van der Waals surface area contributed by atoms with Gasteiger partial charge in [0.1, 0.15) is 10.3 Å². The van der Waals surface area contributed by atoms with Crippen molar-refractivity contribution in [1.82, 2.24) is 9.88 Å². The van der Waals surface area contributed by atoms with E-state index in [2.05, 4.69) is 11.9 Å². The van der Waals surface area contributed by atoms with Crippen LogP contribution in [-0.2, 0) is 0 Å². The maximum absolute atomic E-state index is 12.6. The molecule has 5 heteroatoms. The molecule has 1 aliphatic heterocycles. The molecule has 0 N–H and O–H groups in total. The summed E-state index contributed by atoms with van der Waals surface area (Å²) in [4.78, 5) is 18.5. The van der Waals surface area contributed by atoms with E-state index in [0.29, 0.717) is 16.8 Å². The Labute approximate surface area is 123 Å². The van der Waals surface area contributed by atoms with Crippen molar-refractivity contribution < 1.29 is 4.79 Å². The SMILES string of the molecule is CCCC1CCCCN1C(=O)c1ccc(Cl)nc1Cl. The van der Waals surface area contributed by atoms with E-state index < -0.39 is 0 Å². The summed E-state index contributed by atoms with van der Waals surface area (Å²) < 4.78 is 0. The number of aromatic nitrogens is 1. The lowest BCUT2D eigenvalue weighted by Crippen LogP contribution is -2.43. The number of piperidine rings is 1. The van der Waals surface area contributed by atoms with Gasteiger partial charge in [0.15, 0.2) is 0 Å². The van der Waals surface area contributed by atoms with E-state index in [1.165, 1.54) is 6.42 Å². The molecular formula is C14H18Cl2N2O. The first-order valence-electron chi connectivity index (χ1n) is 6.76. The van der Waals surface area contributed by atoms with E-state index in [1.807, 2.05) is 4.90 Å². The topological polar surface area (TPSA) is 33.2 Å². The number of hydrogen-bond donors (Lipinski definition) is 0. The van der Waals surface area contributed by atoms with Gasteiger partial charge in [-0.3, -0.25) is 4.79 Å². The number of hydrogen-bond acceptors (Lipinski definition) is 2. The van der Waals surface area contributed by atoms with Crippen LogP contribution in [0.2, 0.25) is 10.3 Å². The molecule has 1 fully saturated rings. The fourth-order valence-corrected chi connectivity index (χ4v) is 3.05. The number of pyridine rings is 1. The Morgan fingerprint density at radius 2 is 2.21 bits per heavy atom. The molecule has 3 nitrogen and oxygen atoms in total. The smallest absolute Gasteiger partial charge is 0.257 e. The summed E-state index contributed by atoms with van der Waals surface area (Å²) in [6.45, 7) is 2.95. The van der Waals surface area contributed by atoms with Crippen LogP contribution in [0.25, 0.3) is 0 Å². The number of nitrogens with zero attached hydrogens (tertiary/aromatic N) is 2. The summed E-state index contributed by atoms with van der Waals surface area (Å²) in [6, 6.07) is 3.61. The van der Waals surface area contributed by atoms with Crippen molar-refractivity contribution >= 4 is 29.1 Å². The van der Waals surface area contributed by atoms with Crippen molar-refractivity contribution in [3.63, 3.8) is 0 Å². The van der Waals surface area contributed by atoms with Gasteiger partial charge in [-0.15, -0.1) is 0 Å². The molecule has 2 rings (SSSR count). The molecule has 0 aromatic carbocycles. The molecule has 1 unspecified atom stereocenters. The fraction of sp³-hybridized carbons (Fsp3) is 0.571. The van der Waals surface area contributed by atoms with Crippen LogP contribution < -0.4 is 0 Å². The maximum Gasteiger partial charge on any atom is 0.257 e. The molecule has 19 heavy (non-hydrogen) atoms. The first-order chi connectivity index (χ1) is 9.13. The van der Waals surface area contributed by atoms with Crippen LogP contribution in [0.1, 0.15) is 49.4 Å². The molecule has 1 saturated heterocycles. The number of amides is 1. The third kappa shape index (κ3) is 3.40. The summed E-state index contributed by atoms with van der Waals surface area (Å²) in [5.41, 5.74) is 0.453. The van der Waals surface area contributed by atoms with Crippen molar-refractivity contribution in [3.05, 3.63) is 28.0 Å². The van der Waals surface area contributed by atoms with Gasteiger partial charge in [0.25, 0.3) is 5.91 Å². The van der Waals surface area contributed by atoms with Gasteiger partial charge in [-0.05, 0) is 37.8 Å². The van der Waals surface area contributed by atoms with E-state index >= 15 is 0 Å². The second-order valence-electron chi connectivity index (χ2n) is 4.91. The Bertz CT molecular complexity index is 463. The molecule has 1 atom stereocenters. The minimum absolute atomic E-state index is 0.0210. The van der Waals surface area contributed by atoms with Gasteiger partial charge >= 0.3 is 0 Å². The van der Waals surface area contributed by atoms with E-state index in [9.17, 15) is 4.79 Å². The average molecular weight is 301 g/mol. The molecule has 2 heterocycles. The lowest BCUT2D eigenvalue weighted by molar-refractivity contribution is 0.0600.